The van der Waals surface area contributed by atoms with Gasteiger partial charge in [-0.05, 0) is 34.7 Å². The van der Waals surface area contributed by atoms with Crippen molar-refractivity contribution >= 4 is 45.9 Å². The van der Waals surface area contributed by atoms with Gasteiger partial charge in [0.15, 0.2) is 0 Å². The Kier molecular flexibility index (Phi) is 3.88. The minimum absolute atomic E-state index is 0.0343. The Bertz CT molecular complexity index is 1090. The van der Waals surface area contributed by atoms with Crippen LogP contribution < -0.4 is 9.80 Å². The first-order valence-corrected chi connectivity index (χ1v) is 8.51. The average Bonchev–Trinajstić information content (AvgIpc) is 3.12. The third kappa shape index (κ3) is 2.71. The lowest BCUT2D eigenvalue weighted by Crippen LogP contribution is -2.39. The van der Waals surface area contributed by atoms with E-state index in [1.165, 1.54) is 28.6 Å². The first-order chi connectivity index (χ1) is 13.0. The van der Waals surface area contributed by atoms with Gasteiger partial charge in [0.05, 0.1) is 10.6 Å². The SMILES string of the molecule is CN(C(=N)N(C)c1ccc2c3c(cccc13)C=C2)c1ccc([N+](=O)[O-])cc1. The zero-order valence-electron chi connectivity index (χ0n) is 15.0. The molecule has 0 heterocycles. The molecule has 6 nitrogen and oxygen atoms in total. The second-order valence-electron chi connectivity index (χ2n) is 6.49. The molecule has 4 rings (SSSR count). The molecule has 0 unspecified atom stereocenters. The van der Waals surface area contributed by atoms with Crippen LogP contribution >= 0.6 is 0 Å². The molecule has 0 amide bonds. The van der Waals surface area contributed by atoms with Crippen molar-refractivity contribution < 1.29 is 4.92 Å². The van der Waals surface area contributed by atoms with Gasteiger partial charge in [0, 0.05) is 37.3 Å². The van der Waals surface area contributed by atoms with E-state index in [1.54, 1.807) is 24.1 Å². The molecule has 3 aromatic carbocycles. The van der Waals surface area contributed by atoms with E-state index in [-0.39, 0.29) is 11.6 Å². The van der Waals surface area contributed by atoms with Gasteiger partial charge < -0.3 is 9.80 Å². The van der Waals surface area contributed by atoms with Gasteiger partial charge in [0.25, 0.3) is 5.69 Å². The molecule has 134 valence electrons. The third-order valence-electron chi connectivity index (χ3n) is 4.97. The quantitative estimate of drug-likeness (QED) is 0.248. The molecule has 1 aliphatic rings. The maximum absolute atomic E-state index is 10.8. The number of hydrogen-bond donors (Lipinski definition) is 1. The van der Waals surface area contributed by atoms with Crippen LogP contribution in [0.2, 0.25) is 0 Å². The van der Waals surface area contributed by atoms with Gasteiger partial charge in [-0.25, -0.2) is 0 Å². The highest BCUT2D eigenvalue weighted by atomic mass is 16.6. The van der Waals surface area contributed by atoms with E-state index in [0.29, 0.717) is 5.69 Å². The van der Waals surface area contributed by atoms with E-state index in [2.05, 4.69) is 30.4 Å². The lowest BCUT2D eigenvalue weighted by Gasteiger charge is -2.29. The summed E-state index contributed by atoms with van der Waals surface area (Å²) in [5.74, 6) is 0.274. The van der Waals surface area contributed by atoms with Gasteiger partial charge in [0.2, 0.25) is 5.96 Å². The van der Waals surface area contributed by atoms with Gasteiger partial charge in [-0.15, -0.1) is 0 Å². The smallest absolute Gasteiger partial charge is 0.269 e. The third-order valence-corrected chi connectivity index (χ3v) is 4.97. The normalized spacial score (nSPS) is 11.6. The summed E-state index contributed by atoms with van der Waals surface area (Å²) in [5, 5.41) is 21.7. The van der Waals surface area contributed by atoms with Crippen molar-refractivity contribution in [1.82, 2.24) is 0 Å². The number of nitrogens with one attached hydrogen (secondary N) is 1. The lowest BCUT2D eigenvalue weighted by molar-refractivity contribution is -0.384. The first kappa shape index (κ1) is 16.8. The molecule has 3 aromatic rings. The highest BCUT2D eigenvalue weighted by Gasteiger charge is 2.19. The highest BCUT2D eigenvalue weighted by Crippen LogP contribution is 2.36. The van der Waals surface area contributed by atoms with Crippen LogP contribution in [0.1, 0.15) is 11.1 Å². The topological polar surface area (TPSA) is 73.5 Å². The molecule has 0 fully saturated rings. The Hall–Kier alpha value is -3.67. The van der Waals surface area contributed by atoms with E-state index in [4.69, 9.17) is 5.41 Å². The number of guanidine groups is 1. The number of anilines is 2. The summed E-state index contributed by atoms with van der Waals surface area (Å²) in [6, 6.07) is 16.5. The number of hydrogen-bond acceptors (Lipinski definition) is 3. The molecule has 0 atom stereocenters. The maximum atomic E-state index is 10.8. The van der Waals surface area contributed by atoms with Crippen LogP contribution in [-0.4, -0.2) is 25.0 Å². The number of non-ortho nitro benzene ring substituents is 1. The van der Waals surface area contributed by atoms with E-state index >= 15 is 0 Å². The van der Waals surface area contributed by atoms with Crippen molar-refractivity contribution in [2.24, 2.45) is 0 Å². The van der Waals surface area contributed by atoms with Crippen LogP contribution in [0.4, 0.5) is 17.1 Å². The second kappa shape index (κ2) is 6.25. The Morgan fingerprint density at radius 3 is 2.26 bits per heavy atom. The van der Waals surface area contributed by atoms with Crippen molar-refractivity contribution in [1.29, 1.82) is 5.41 Å². The summed E-state index contributed by atoms with van der Waals surface area (Å²) < 4.78 is 0. The zero-order valence-corrected chi connectivity index (χ0v) is 15.0. The predicted octanol–water partition coefficient (Wildman–Crippen LogP) is 4.74. The monoisotopic (exact) mass is 358 g/mol. The fourth-order valence-electron chi connectivity index (χ4n) is 3.46. The Balaban J connectivity index is 1.67. The largest absolute Gasteiger partial charge is 0.316 e. The molecule has 27 heavy (non-hydrogen) atoms. The van der Waals surface area contributed by atoms with Crippen LogP contribution in [0.15, 0.2) is 54.6 Å². The summed E-state index contributed by atoms with van der Waals surface area (Å²) in [5.41, 5.74) is 4.07. The summed E-state index contributed by atoms with van der Waals surface area (Å²) in [6.45, 7) is 0. The van der Waals surface area contributed by atoms with Crippen molar-refractivity contribution in [3.63, 3.8) is 0 Å². The Morgan fingerprint density at radius 1 is 0.926 bits per heavy atom. The van der Waals surface area contributed by atoms with Gasteiger partial charge >= 0.3 is 0 Å². The van der Waals surface area contributed by atoms with E-state index in [9.17, 15) is 10.1 Å². The van der Waals surface area contributed by atoms with E-state index < -0.39 is 4.92 Å². The molecule has 0 spiro atoms. The number of nitro groups is 1. The molecular formula is C21H18N4O2. The second-order valence-corrected chi connectivity index (χ2v) is 6.49. The van der Waals surface area contributed by atoms with Crippen LogP contribution in [0.25, 0.3) is 22.9 Å². The zero-order chi connectivity index (χ0) is 19.1. The van der Waals surface area contributed by atoms with E-state index in [1.807, 2.05) is 24.1 Å². The van der Waals surface area contributed by atoms with Gasteiger partial charge in [-0.3, -0.25) is 15.5 Å². The van der Waals surface area contributed by atoms with Crippen LogP contribution in [-0.2, 0) is 0 Å². The van der Waals surface area contributed by atoms with Crippen molar-refractivity contribution in [3.8, 4) is 0 Å². The summed E-state index contributed by atoms with van der Waals surface area (Å²) >= 11 is 0. The van der Waals surface area contributed by atoms with Crippen molar-refractivity contribution in [2.75, 3.05) is 23.9 Å². The average molecular weight is 358 g/mol. The number of rotatable bonds is 3. The van der Waals surface area contributed by atoms with Gasteiger partial charge in [-0.1, -0.05) is 36.4 Å². The standard InChI is InChI=1S/C21H18N4O2/c1-23(16-9-11-17(12-10-16)25(26)27)21(22)24(2)19-13-8-15-7-6-14-4-3-5-18(19)20(14)15/h3-13,22H,1-2H3. The molecule has 1 aliphatic carbocycles. The Labute approximate surface area is 156 Å². The van der Waals surface area contributed by atoms with E-state index in [0.717, 1.165) is 11.1 Å². The van der Waals surface area contributed by atoms with Gasteiger partial charge in [-0.2, -0.15) is 0 Å². The molecule has 1 N–H and O–H groups in total. The number of nitrogens with zero attached hydrogens (tertiary/aromatic N) is 3. The molecule has 6 heteroatoms. The summed E-state index contributed by atoms with van der Waals surface area (Å²) in [4.78, 5) is 13.9. The van der Waals surface area contributed by atoms with Crippen LogP contribution in [0.5, 0.6) is 0 Å². The van der Waals surface area contributed by atoms with Crippen LogP contribution in [0.3, 0.4) is 0 Å². The van der Waals surface area contributed by atoms with Crippen LogP contribution in [0, 0.1) is 15.5 Å². The maximum Gasteiger partial charge on any atom is 0.269 e. The number of nitro benzene ring substituents is 1. The number of benzene rings is 3. The Morgan fingerprint density at radius 2 is 1.59 bits per heavy atom. The minimum atomic E-state index is -0.429. The molecule has 0 saturated carbocycles. The molecule has 0 saturated heterocycles. The van der Waals surface area contributed by atoms with Gasteiger partial charge in [0.1, 0.15) is 0 Å². The van der Waals surface area contributed by atoms with Crippen molar-refractivity contribution in [3.05, 3.63) is 75.8 Å². The summed E-state index contributed by atoms with van der Waals surface area (Å²) in [7, 11) is 3.64. The molecule has 0 aromatic heterocycles. The fraction of sp³-hybridized carbons (Fsp3) is 0.0952. The van der Waals surface area contributed by atoms with Crippen molar-refractivity contribution in [2.45, 2.75) is 0 Å². The lowest BCUT2D eigenvalue weighted by atomic mass is 10.0. The molecular weight excluding hydrogens is 340 g/mol. The fourth-order valence-corrected chi connectivity index (χ4v) is 3.46. The molecule has 0 radical (unpaired) electrons. The summed E-state index contributed by atoms with van der Waals surface area (Å²) in [6.07, 6.45) is 4.21. The highest BCUT2D eigenvalue weighted by molar-refractivity contribution is 6.14. The predicted molar refractivity (Wildman–Crippen MR) is 111 cm³/mol. The molecule has 0 bridgehead atoms. The minimum Gasteiger partial charge on any atom is -0.316 e. The molecule has 0 aliphatic heterocycles. The first-order valence-electron chi connectivity index (χ1n) is 8.51.